The van der Waals surface area contributed by atoms with Gasteiger partial charge in [0, 0.05) is 0 Å². The van der Waals surface area contributed by atoms with E-state index < -0.39 is 0 Å². The maximum Gasteiger partial charge on any atom is 0.224 e. The van der Waals surface area contributed by atoms with Crippen LogP contribution in [0.15, 0.2) is 30.3 Å². The first-order valence-corrected chi connectivity index (χ1v) is 4.59. The molecule has 0 saturated carbocycles. The summed E-state index contributed by atoms with van der Waals surface area (Å²) >= 11 is 0. The highest BCUT2D eigenvalue weighted by molar-refractivity contribution is 5.85. The summed E-state index contributed by atoms with van der Waals surface area (Å²) in [4.78, 5) is 4.87. The molecule has 0 radical (unpaired) electrons. The molecule has 15 heavy (non-hydrogen) atoms. The number of nitrogens with one attached hydrogen (secondary N) is 2. The summed E-state index contributed by atoms with van der Waals surface area (Å²) in [5, 5.41) is 9.20. The second kappa shape index (κ2) is 5.11. The van der Waals surface area contributed by atoms with Crippen LogP contribution in [0.2, 0.25) is 0 Å². The molecule has 1 aromatic rings. The zero-order chi connectivity index (χ0) is 9.97. The van der Waals surface area contributed by atoms with Gasteiger partial charge in [-0.1, -0.05) is 35.9 Å². The van der Waals surface area contributed by atoms with Crippen molar-refractivity contribution in [2.75, 3.05) is 6.54 Å². The Hall–Kier alpha value is -1.10. The lowest BCUT2D eigenvalue weighted by Crippen LogP contribution is -2.32. The predicted molar refractivity (Wildman–Crippen MR) is 60.8 cm³/mol. The second-order valence-electron chi connectivity index (χ2n) is 3.33. The van der Waals surface area contributed by atoms with Crippen molar-refractivity contribution in [1.82, 2.24) is 10.6 Å². The SMILES string of the molecule is CC(c1ccccc1)N1CC(=N)ON1.Cl. The van der Waals surface area contributed by atoms with E-state index in [0.717, 1.165) is 0 Å². The van der Waals surface area contributed by atoms with Crippen LogP contribution in [0.3, 0.4) is 0 Å². The van der Waals surface area contributed by atoms with Gasteiger partial charge in [-0.2, -0.15) is 5.01 Å². The van der Waals surface area contributed by atoms with Gasteiger partial charge in [0.2, 0.25) is 5.90 Å². The number of benzene rings is 1. The van der Waals surface area contributed by atoms with Gasteiger partial charge in [0.15, 0.2) is 0 Å². The van der Waals surface area contributed by atoms with Gasteiger partial charge in [-0.3, -0.25) is 5.41 Å². The molecule has 0 bridgehead atoms. The maximum absolute atomic E-state index is 7.31. The summed E-state index contributed by atoms with van der Waals surface area (Å²) in [6.07, 6.45) is 0. The van der Waals surface area contributed by atoms with Crippen molar-refractivity contribution in [3.63, 3.8) is 0 Å². The quantitative estimate of drug-likeness (QED) is 0.812. The summed E-state index contributed by atoms with van der Waals surface area (Å²) in [6.45, 7) is 2.58. The summed E-state index contributed by atoms with van der Waals surface area (Å²) in [5.41, 5.74) is 3.92. The molecular formula is C10H14ClN3O. The van der Waals surface area contributed by atoms with Crippen LogP contribution in [-0.4, -0.2) is 17.5 Å². The summed E-state index contributed by atoms with van der Waals surface area (Å²) in [7, 11) is 0. The zero-order valence-corrected chi connectivity index (χ0v) is 9.25. The van der Waals surface area contributed by atoms with Gasteiger partial charge in [0.05, 0.1) is 12.6 Å². The van der Waals surface area contributed by atoms with Gasteiger partial charge >= 0.3 is 0 Å². The Morgan fingerprint density at radius 2 is 2.07 bits per heavy atom. The van der Waals surface area contributed by atoms with Crippen LogP contribution in [-0.2, 0) is 4.84 Å². The molecule has 1 unspecified atom stereocenters. The van der Waals surface area contributed by atoms with E-state index in [9.17, 15) is 0 Å². The van der Waals surface area contributed by atoms with Crippen LogP contribution < -0.4 is 5.59 Å². The fraction of sp³-hybridized carbons (Fsp3) is 0.300. The second-order valence-corrected chi connectivity index (χ2v) is 3.33. The monoisotopic (exact) mass is 227 g/mol. The van der Waals surface area contributed by atoms with Crippen LogP contribution in [0.1, 0.15) is 18.5 Å². The van der Waals surface area contributed by atoms with E-state index in [0.29, 0.717) is 6.54 Å². The van der Waals surface area contributed by atoms with Crippen LogP contribution >= 0.6 is 12.4 Å². The summed E-state index contributed by atoms with van der Waals surface area (Å²) in [6, 6.07) is 10.3. The molecule has 2 rings (SSSR count). The first kappa shape index (κ1) is 12.0. The minimum Gasteiger partial charge on any atom is -0.377 e. The van der Waals surface area contributed by atoms with E-state index in [4.69, 9.17) is 10.2 Å². The third kappa shape index (κ3) is 2.68. The fourth-order valence-corrected chi connectivity index (χ4v) is 1.46. The predicted octanol–water partition coefficient (Wildman–Crippen LogP) is 1.90. The van der Waals surface area contributed by atoms with Crippen molar-refractivity contribution in [3.8, 4) is 0 Å². The summed E-state index contributed by atoms with van der Waals surface area (Å²) in [5.74, 6) is 0.257. The van der Waals surface area contributed by atoms with Gasteiger partial charge in [-0.05, 0) is 12.5 Å². The molecule has 0 aromatic heterocycles. The number of nitrogens with zero attached hydrogens (tertiary/aromatic N) is 1. The number of hydrogen-bond donors (Lipinski definition) is 2. The molecule has 1 atom stereocenters. The number of rotatable bonds is 2. The molecule has 4 nitrogen and oxygen atoms in total. The van der Waals surface area contributed by atoms with E-state index in [1.165, 1.54) is 5.56 Å². The highest BCUT2D eigenvalue weighted by Gasteiger charge is 2.23. The molecule has 2 N–H and O–H groups in total. The molecule has 0 amide bonds. The fourth-order valence-electron chi connectivity index (χ4n) is 1.46. The van der Waals surface area contributed by atoms with E-state index in [1.54, 1.807) is 0 Å². The lowest BCUT2D eigenvalue weighted by molar-refractivity contribution is 0.0270. The van der Waals surface area contributed by atoms with Gasteiger partial charge in [0.1, 0.15) is 0 Å². The average Bonchev–Trinajstić information content (AvgIpc) is 2.65. The third-order valence-electron chi connectivity index (χ3n) is 2.35. The minimum atomic E-state index is 0. The van der Waals surface area contributed by atoms with Gasteiger partial charge in [0.25, 0.3) is 0 Å². The van der Waals surface area contributed by atoms with Crippen molar-refractivity contribution < 1.29 is 4.84 Å². The van der Waals surface area contributed by atoms with E-state index in [-0.39, 0.29) is 24.3 Å². The Kier molecular flexibility index (Phi) is 4.08. The Morgan fingerprint density at radius 1 is 1.40 bits per heavy atom. The van der Waals surface area contributed by atoms with E-state index >= 15 is 0 Å². The molecule has 0 aliphatic carbocycles. The highest BCUT2D eigenvalue weighted by Crippen LogP contribution is 2.19. The molecule has 1 aliphatic heterocycles. The zero-order valence-electron chi connectivity index (χ0n) is 8.43. The van der Waals surface area contributed by atoms with Gasteiger partial charge in [-0.25, -0.2) is 0 Å². The van der Waals surface area contributed by atoms with Crippen LogP contribution in [0, 0.1) is 5.41 Å². The molecule has 1 saturated heterocycles. The van der Waals surface area contributed by atoms with E-state index in [1.807, 2.05) is 23.2 Å². The molecule has 0 spiro atoms. The lowest BCUT2D eigenvalue weighted by atomic mass is 10.1. The molecule has 82 valence electrons. The molecule has 1 fully saturated rings. The molecule has 1 heterocycles. The average molecular weight is 228 g/mol. The third-order valence-corrected chi connectivity index (χ3v) is 2.35. The van der Waals surface area contributed by atoms with Crippen molar-refractivity contribution in [2.24, 2.45) is 0 Å². The van der Waals surface area contributed by atoms with Crippen LogP contribution in [0.4, 0.5) is 0 Å². The first-order chi connectivity index (χ1) is 6.77. The Balaban J connectivity index is 0.00000112. The lowest BCUT2D eigenvalue weighted by Gasteiger charge is -2.20. The standard InChI is InChI=1S/C10H13N3O.ClH/c1-8(9-5-3-2-4-6-9)13-7-10(11)14-12-13;/h2-6,8,11-12H,7H2,1H3;1H. The maximum atomic E-state index is 7.31. The Labute approximate surface area is 95.1 Å². The highest BCUT2D eigenvalue weighted by atomic mass is 35.5. The van der Waals surface area contributed by atoms with E-state index in [2.05, 4.69) is 24.6 Å². The van der Waals surface area contributed by atoms with Crippen molar-refractivity contribution in [3.05, 3.63) is 35.9 Å². The first-order valence-electron chi connectivity index (χ1n) is 4.59. The molecule has 1 aromatic carbocycles. The summed E-state index contributed by atoms with van der Waals surface area (Å²) < 4.78 is 0. The number of hydrogen-bond acceptors (Lipinski definition) is 4. The van der Waals surface area contributed by atoms with Crippen molar-refractivity contribution >= 4 is 18.3 Å². The topological polar surface area (TPSA) is 48.4 Å². The van der Waals surface area contributed by atoms with Crippen molar-refractivity contribution in [1.29, 1.82) is 5.41 Å². The number of hydrazine groups is 1. The largest absolute Gasteiger partial charge is 0.377 e. The minimum absolute atomic E-state index is 0. The van der Waals surface area contributed by atoms with Gasteiger partial charge in [-0.15, -0.1) is 12.4 Å². The normalized spacial score (nSPS) is 18.1. The van der Waals surface area contributed by atoms with Crippen LogP contribution in [0.5, 0.6) is 0 Å². The van der Waals surface area contributed by atoms with Crippen molar-refractivity contribution in [2.45, 2.75) is 13.0 Å². The number of halogens is 1. The van der Waals surface area contributed by atoms with Gasteiger partial charge < -0.3 is 4.84 Å². The Bertz CT molecular complexity index is 331. The molecule has 1 aliphatic rings. The molecular weight excluding hydrogens is 214 g/mol. The van der Waals surface area contributed by atoms with Crippen LogP contribution in [0.25, 0.3) is 0 Å². The Morgan fingerprint density at radius 3 is 2.60 bits per heavy atom. The molecule has 5 heteroatoms. The smallest absolute Gasteiger partial charge is 0.224 e.